The number of rotatable bonds is 4. The van der Waals surface area contributed by atoms with Gasteiger partial charge >= 0.3 is 0 Å². The third-order valence-electron chi connectivity index (χ3n) is 5.17. The van der Waals surface area contributed by atoms with E-state index in [1.54, 1.807) is 6.07 Å². The van der Waals surface area contributed by atoms with Crippen LogP contribution in [0.5, 0.6) is 0 Å². The van der Waals surface area contributed by atoms with Crippen LogP contribution in [0.15, 0.2) is 18.2 Å². The SMILES string of the molecule is CCNCc1cccc(F)c1N1CCCC2CCCCC21. The van der Waals surface area contributed by atoms with E-state index in [-0.39, 0.29) is 5.82 Å². The molecule has 1 saturated heterocycles. The van der Waals surface area contributed by atoms with Crippen molar-refractivity contribution in [1.29, 1.82) is 0 Å². The molecule has 2 unspecified atom stereocenters. The van der Waals surface area contributed by atoms with E-state index in [1.807, 2.05) is 6.07 Å². The van der Waals surface area contributed by atoms with Gasteiger partial charge in [0.05, 0.1) is 5.69 Å². The van der Waals surface area contributed by atoms with Crippen molar-refractivity contribution in [1.82, 2.24) is 5.32 Å². The van der Waals surface area contributed by atoms with Crippen LogP contribution < -0.4 is 10.2 Å². The Morgan fingerprint density at radius 2 is 2.00 bits per heavy atom. The van der Waals surface area contributed by atoms with Crippen molar-refractivity contribution in [3.8, 4) is 0 Å². The van der Waals surface area contributed by atoms with Gasteiger partial charge in [0.25, 0.3) is 0 Å². The van der Waals surface area contributed by atoms with Crippen LogP contribution in [0.4, 0.5) is 10.1 Å². The molecule has 1 aromatic rings. The second kappa shape index (κ2) is 6.78. The number of benzene rings is 1. The summed E-state index contributed by atoms with van der Waals surface area (Å²) in [5.74, 6) is 0.732. The molecule has 1 aliphatic heterocycles. The second-order valence-electron chi connectivity index (χ2n) is 6.48. The summed E-state index contributed by atoms with van der Waals surface area (Å²) >= 11 is 0. The molecule has 0 spiro atoms. The second-order valence-corrected chi connectivity index (χ2v) is 6.48. The molecule has 0 radical (unpaired) electrons. The lowest BCUT2D eigenvalue weighted by Gasteiger charge is -2.46. The average Bonchev–Trinajstić information content (AvgIpc) is 2.52. The fourth-order valence-electron chi connectivity index (χ4n) is 4.19. The largest absolute Gasteiger partial charge is 0.366 e. The van der Waals surface area contributed by atoms with Crippen LogP contribution in [0.25, 0.3) is 0 Å². The number of piperidine rings is 1. The topological polar surface area (TPSA) is 15.3 Å². The molecule has 1 N–H and O–H groups in total. The van der Waals surface area contributed by atoms with Crippen molar-refractivity contribution in [2.24, 2.45) is 5.92 Å². The van der Waals surface area contributed by atoms with Gasteiger partial charge in [-0.1, -0.05) is 31.9 Å². The molecule has 2 fully saturated rings. The summed E-state index contributed by atoms with van der Waals surface area (Å²) in [6.07, 6.45) is 7.76. The molecule has 21 heavy (non-hydrogen) atoms. The molecule has 1 saturated carbocycles. The van der Waals surface area contributed by atoms with E-state index in [2.05, 4.69) is 23.2 Å². The molecule has 1 heterocycles. The summed E-state index contributed by atoms with van der Waals surface area (Å²) in [5, 5.41) is 3.35. The van der Waals surface area contributed by atoms with Gasteiger partial charge in [-0.05, 0) is 49.8 Å². The zero-order valence-corrected chi connectivity index (χ0v) is 13.1. The van der Waals surface area contributed by atoms with Gasteiger partial charge in [-0.15, -0.1) is 0 Å². The first-order valence-corrected chi connectivity index (χ1v) is 8.56. The van der Waals surface area contributed by atoms with Crippen molar-refractivity contribution < 1.29 is 4.39 Å². The highest BCUT2D eigenvalue weighted by molar-refractivity contribution is 5.56. The van der Waals surface area contributed by atoms with E-state index in [0.717, 1.165) is 36.8 Å². The minimum atomic E-state index is -0.0448. The number of anilines is 1. The van der Waals surface area contributed by atoms with Gasteiger partial charge in [0.2, 0.25) is 0 Å². The van der Waals surface area contributed by atoms with Crippen LogP contribution >= 0.6 is 0 Å². The van der Waals surface area contributed by atoms with Crippen LogP contribution in [0.2, 0.25) is 0 Å². The van der Waals surface area contributed by atoms with E-state index in [9.17, 15) is 4.39 Å². The van der Waals surface area contributed by atoms with Gasteiger partial charge in [-0.3, -0.25) is 0 Å². The Labute approximate surface area is 127 Å². The minimum Gasteiger partial charge on any atom is -0.366 e. The highest BCUT2D eigenvalue weighted by Crippen LogP contribution is 2.39. The Morgan fingerprint density at radius 1 is 1.19 bits per heavy atom. The maximum atomic E-state index is 14.6. The van der Waals surface area contributed by atoms with Crippen LogP contribution in [-0.4, -0.2) is 19.1 Å². The molecule has 1 aromatic carbocycles. The quantitative estimate of drug-likeness (QED) is 0.898. The van der Waals surface area contributed by atoms with Crippen molar-refractivity contribution in [3.63, 3.8) is 0 Å². The molecule has 2 aliphatic rings. The monoisotopic (exact) mass is 290 g/mol. The van der Waals surface area contributed by atoms with Gasteiger partial charge in [0.15, 0.2) is 0 Å². The van der Waals surface area contributed by atoms with Gasteiger partial charge < -0.3 is 10.2 Å². The van der Waals surface area contributed by atoms with Crippen molar-refractivity contribution >= 4 is 5.69 Å². The average molecular weight is 290 g/mol. The molecule has 3 heteroatoms. The lowest BCUT2D eigenvalue weighted by Crippen LogP contribution is -2.47. The van der Waals surface area contributed by atoms with Crippen molar-refractivity contribution in [3.05, 3.63) is 29.6 Å². The van der Waals surface area contributed by atoms with E-state index in [0.29, 0.717) is 6.04 Å². The minimum absolute atomic E-state index is 0.0448. The Balaban J connectivity index is 1.90. The van der Waals surface area contributed by atoms with Crippen LogP contribution in [0, 0.1) is 11.7 Å². The first-order chi connectivity index (χ1) is 10.3. The van der Waals surface area contributed by atoms with Crippen LogP contribution in [-0.2, 0) is 6.54 Å². The lowest BCUT2D eigenvalue weighted by molar-refractivity contribution is 0.242. The number of nitrogens with one attached hydrogen (secondary N) is 1. The van der Waals surface area contributed by atoms with Gasteiger partial charge in [0.1, 0.15) is 5.82 Å². The summed E-state index contributed by atoms with van der Waals surface area (Å²) in [4.78, 5) is 2.40. The van der Waals surface area contributed by atoms with E-state index >= 15 is 0 Å². The Hall–Kier alpha value is -1.09. The Bertz CT molecular complexity index is 472. The van der Waals surface area contributed by atoms with Crippen LogP contribution in [0.1, 0.15) is 51.0 Å². The molecular formula is C18H27FN2. The molecule has 0 bridgehead atoms. The predicted octanol–water partition coefficient (Wildman–Crippen LogP) is 4.09. The van der Waals surface area contributed by atoms with E-state index < -0.39 is 0 Å². The number of hydrogen-bond donors (Lipinski definition) is 1. The first-order valence-electron chi connectivity index (χ1n) is 8.56. The summed E-state index contributed by atoms with van der Waals surface area (Å²) in [6, 6.07) is 6.10. The summed E-state index contributed by atoms with van der Waals surface area (Å²) in [5.41, 5.74) is 1.98. The number of nitrogens with zero attached hydrogens (tertiary/aromatic N) is 1. The molecule has 3 rings (SSSR count). The molecule has 2 atom stereocenters. The number of hydrogen-bond acceptors (Lipinski definition) is 2. The zero-order valence-electron chi connectivity index (χ0n) is 13.1. The highest BCUT2D eigenvalue weighted by atomic mass is 19.1. The number of fused-ring (bicyclic) bond motifs is 1. The first kappa shape index (κ1) is 14.8. The predicted molar refractivity (Wildman–Crippen MR) is 86.1 cm³/mol. The fraction of sp³-hybridized carbons (Fsp3) is 0.667. The van der Waals surface area contributed by atoms with Crippen LogP contribution in [0.3, 0.4) is 0 Å². The molecule has 1 aliphatic carbocycles. The third kappa shape index (κ3) is 3.08. The fourth-order valence-corrected chi connectivity index (χ4v) is 4.19. The van der Waals surface area contributed by atoms with E-state index in [1.165, 1.54) is 38.5 Å². The molecule has 116 valence electrons. The lowest BCUT2D eigenvalue weighted by atomic mass is 9.78. The van der Waals surface area contributed by atoms with Gasteiger partial charge in [-0.25, -0.2) is 4.39 Å². The van der Waals surface area contributed by atoms with E-state index in [4.69, 9.17) is 0 Å². The standard InChI is InChI=1S/C18H27FN2/c1-2-20-13-15-8-5-10-16(19)18(15)21-12-6-9-14-7-3-4-11-17(14)21/h5,8,10,14,17,20H,2-4,6-7,9,11-13H2,1H3. The third-order valence-corrected chi connectivity index (χ3v) is 5.17. The van der Waals surface area contributed by atoms with Gasteiger partial charge in [-0.2, -0.15) is 0 Å². The summed E-state index contributed by atoms with van der Waals surface area (Å²) < 4.78 is 14.6. The normalized spacial score (nSPS) is 25.7. The molecular weight excluding hydrogens is 263 g/mol. The van der Waals surface area contributed by atoms with Crippen molar-refractivity contribution in [2.45, 2.75) is 58.0 Å². The summed E-state index contributed by atoms with van der Waals surface area (Å²) in [7, 11) is 0. The molecule has 2 nitrogen and oxygen atoms in total. The number of halogens is 1. The highest BCUT2D eigenvalue weighted by Gasteiger charge is 2.35. The Kier molecular flexibility index (Phi) is 4.79. The van der Waals surface area contributed by atoms with Crippen molar-refractivity contribution in [2.75, 3.05) is 18.0 Å². The maximum Gasteiger partial charge on any atom is 0.146 e. The maximum absolute atomic E-state index is 14.6. The molecule has 0 aromatic heterocycles. The summed E-state index contributed by atoms with van der Waals surface area (Å²) in [6.45, 7) is 4.79. The smallest absolute Gasteiger partial charge is 0.146 e. The van der Waals surface area contributed by atoms with Gasteiger partial charge in [0, 0.05) is 19.1 Å². The molecule has 0 amide bonds. The Morgan fingerprint density at radius 3 is 2.86 bits per heavy atom. The number of para-hydroxylation sites is 1. The zero-order chi connectivity index (χ0) is 14.7.